The Bertz CT molecular complexity index is 303. The van der Waals surface area contributed by atoms with E-state index in [4.69, 9.17) is 10.5 Å². The maximum Gasteiger partial charge on any atom is 0.230 e. The fourth-order valence-corrected chi connectivity index (χ4v) is 1.68. The van der Waals surface area contributed by atoms with Gasteiger partial charge in [-0.25, -0.2) is 0 Å². The van der Waals surface area contributed by atoms with Gasteiger partial charge in [-0.05, 0) is 19.1 Å². The zero-order valence-electron chi connectivity index (χ0n) is 8.68. The summed E-state index contributed by atoms with van der Waals surface area (Å²) in [5.74, 6) is 1.34. The Morgan fingerprint density at radius 3 is 2.73 bits per heavy atom. The van der Waals surface area contributed by atoms with Gasteiger partial charge in [0.2, 0.25) is 5.91 Å². The highest BCUT2D eigenvalue weighted by atomic mass is 32.2. The third-order valence-electron chi connectivity index (χ3n) is 1.86. The molecule has 0 saturated heterocycles. The van der Waals surface area contributed by atoms with Crippen molar-refractivity contribution < 1.29 is 9.53 Å². The summed E-state index contributed by atoms with van der Waals surface area (Å²) in [6.45, 7) is 2.39. The summed E-state index contributed by atoms with van der Waals surface area (Å²) >= 11 is 1.50. The molecule has 15 heavy (non-hydrogen) atoms. The van der Waals surface area contributed by atoms with E-state index in [1.54, 1.807) is 6.92 Å². The highest BCUT2D eigenvalue weighted by Crippen LogP contribution is 2.12. The summed E-state index contributed by atoms with van der Waals surface area (Å²) in [7, 11) is 0. The lowest BCUT2D eigenvalue weighted by atomic mass is 10.3. The molecule has 1 aromatic carbocycles. The van der Waals surface area contributed by atoms with E-state index in [-0.39, 0.29) is 11.2 Å². The second-order valence-electron chi connectivity index (χ2n) is 3.08. The van der Waals surface area contributed by atoms with Crippen LogP contribution in [0.1, 0.15) is 6.92 Å². The van der Waals surface area contributed by atoms with Gasteiger partial charge in [0.25, 0.3) is 0 Å². The molecule has 2 N–H and O–H groups in total. The van der Waals surface area contributed by atoms with Crippen LogP contribution in [0.2, 0.25) is 0 Å². The molecule has 3 nitrogen and oxygen atoms in total. The van der Waals surface area contributed by atoms with Crippen molar-refractivity contribution in [2.75, 3.05) is 12.4 Å². The van der Waals surface area contributed by atoms with Crippen LogP contribution in [-0.4, -0.2) is 23.5 Å². The fourth-order valence-electron chi connectivity index (χ4n) is 0.983. The predicted molar refractivity (Wildman–Crippen MR) is 63.1 cm³/mol. The molecule has 0 aromatic heterocycles. The Balaban J connectivity index is 2.15. The predicted octanol–water partition coefficient (Wildman–Crippen LogP) is 1.67. The van der Waals surface area contributed by atoms with E-state index in [0.717, 1.165) is 11.5 Å². The van der Waals surface area contributed by atoms with Gasteiger partial charge < -0.3 is 10.5 Å². The summed E-state index contributed by atoms with van der Waals surface area (Å²) in [6.07, 6.45) is 0. The molecule has 0 saturated carbocycles. The smallest absolute Gasteiger partial charge is 0.230 e. The average Bonchev–Trinajstić information content (AvgIpc) is 2.25. The zero-order valence-corrected chi connectivity index (χ0v) is 9.50. The molecule has 1 unspecified atom stereocenters. The number of carbonyl (C=O) groups is 1. The second-order valence-corrected chi connectivity index (χ2v) is 4.53. The topological polar surface area (TPSA) is 52.3 Å². The van der Waals surface area contributed by atoms with Gasteiger partial charge >= 0.3 is 0 Å². The van der Waals surface area contributed by atoms with E-state index in [2.05, 4.69) is 0 Å². The molecule has 0 aliphatic carbocycles. The second kappa shape index (κ2) is 6.35. The van der Waals surface area contributed by atoms with Gasteiger partial charge in [-0.15, -0.1) is 11.8 Å². The van der Waals surface area contributed by atoms with Crippen molar-refractivity contribution in [2.24, 2.45) is 5.73 Å². The van der Waals surface area contributed by atoms with Crippen molar-refractivity contribution >= 4 is 17.7 Å². The number of nitrogens with two attached hydrogens (primary N) is 1. The molecule has 0 aliphatic heterocycles. The number of primary amides is 1. The summed E-state index contributed by atoms with van der Waals surface area (Å²) < 4.78 is 5.46. The van der Waals surface area contributed by atoms with Gasteiger partial charge in [0.15, 0.2) is 0 Å². The number of amides is 1. The van der Waals surface area contributed by atoms with Gasteiger partial charge in [0, 0.05) is 5.75 Å². The molecule has 0 spiro atoms. The van der Waals surface area contributed by atoms with Crippen LogP contribution in [0.5, 0.6) is 5.75 Å². The van der Waals surface area contributed by atoms with Crippen LogP contribution in [0.15, 0.2) is 30.3 Å². The Kier molecular flexibility index (Phi) is 5.04. The maximum atomic E-state index is 10.7. The Morgan fingerprint density at radius 2 is 2.13 bits per heavy atom. The monoisotopic (exact) mass is 225 g/mol. The molecule has 1 aromatic rings. The normalized spacial score (nSPS) is 12.1. The Hall–Kier alpha value is -1.16. The van der Waals surface area contributed by atoms with Crippen molar-refractivity contribution in [2.45, 2.75) is 12.2 Å². The molecular weight excluding hydrogens is 210 g/mol. The van der Waals surface area contributed by atoms with Crippen LogP contribution >= 0.6 is 11.8 Å². The number of ether oxygens (including phenoxy) is 1. The third-order valence-corrected chi connectivity index (χ3v) is 3.00. The average molecular weight is 225 g/mol. The number of carbonyl (C=O) groups excluding carboxylic acids is 1. The van der Waals surface area contributed by atoms with E-state index in [1.807, 2.05) is 30.3 Å². The highest BCUT2D eigenvalue weighted by molar-refractivity contribution is 8.00. The van der Waals surface area contributed by atoms with E-state index < -0.39 is 0 Å². The van der Waals surface area contributed by atoms with Crippen LogP contribution in [0.4, 0.5) is 0 Å². The molecule has 0 heterocycles. The Morgan fingerprint density at radius 1 is 1.47 bits per heavy atom. The summed E-state index contributed by atoms with van der Waals surface area (Å²) in [5.41, 5.74) is 5.13. The van der Waals surface area contributed by atoms with Crippen molar-refractivity contribution in [3.8, 4) is 5.75 Å². The molecule has 1 rings (SSSR count). The first-order valence-electron chi connectivity index (χ1n) is 4.79. The van der Waals surface area contributed by atoms with Crippen molar-refractivity contribution in [1.29, 1.82) is 0 Å². The summed E-state index contributed by atoms with van der Waals surface area (Å²) in [5, 5.41) is -0.149. The molecule has 1 atom stereocenters. The fraction of sp³-hybridized carbons (Fsp3) is 0.364. The van der Waals surface area contributed by atoms with Gasteiger partial charge in [-0.1, -0.05) is 18.2 Å². The number of thioether (sulfide) groups is 1. The zero-order chi connectivity index (χ0) is 11.1. The number of hydrogen-bond donors (Lipinski definition) is 1. The minimum Gasteiger partial charge on any atom is -0.493 e. The van der Waals surface area contributed by atoms with Crippen LogP contribution < -0.4 is 10.5 Å². The molecule has 4 heteroatoms. The lowest BCUT2D eigenvalue weighted by Gasteiger charge is -2.08. The van der Waals surface area contributed by atoms with E-state index in [0.29, 0.717) is 6.61 Å². The minimum atomic E-state index is -0.278. The van der Waals surface area contributed by atoms with Crippen molar-refractivity contribution in [3.05, 3.63) is 30.3 Å². The van der Waals surface area contributed by atoms with E-state index in [1.165, 1.54) is 11.8 Å². The first-order chi connectivity index (χ1) is 7.20. The van der Waals surface area contributed by atoms with Gasteiger partial charge in [-0.2, -0.15) is 0 Å². The van der Waals surface area contributed by atoms with Gasteiger partial charge in [-0.3, -0.25) is 4.79 Å². The molecule has 0 bridgehead atoms. The lowest BCUT2D eigenvalue weighted by Crippen LogP contribution is -2.23. The number of hydrogen-bond acceptors (Lipinski definition) is 3. The number of para-hydroxylation sites is 1. The number of rotatable bonds is 6. The number of benzene rings is 1. The first-order valence-corrected chi connectivity index (χ1v) is 5.84. The van der Waals surface area contributed by atoms with Crippen LogP contribution in [0.3, 0.4) is 0 Å². The molecule has 1 amide bonds. The minimum absolute atomic E-state index is 0.149. The van der Waals surface area contributed by atoms with Crippen LogP contribution in [-0.2, 0) is 4.79 Å². The molecule has 0 radical (unpaired) electrons. The lowest BCUT2D eigenvalue weighted by molar-refractivity contribution is -0.117. The van der Waals surface area contributed by atoms with Crippen LogP contribution in [0.25, 0.3) is 0 Å². The molecule has 82 valence electrons. The molecule has 0 aliphatic rings. The van der Waals surface area contributed by atoms with Crippen molar-refractivity contribution in [3.63, 3.8) is 0 Å². The van der Waals surface area contributed by atoms with Crippen molar-refractivity contribution in [1.82, 2.24) is 0 Å². The molecular formula is C11H15NO2S. The van der Waals surface area contributed by atoms with Crippen LogP contribution in [0, 0.1) is 0 Å². The van der Waals surface area contributed by atoms with Gasteiger partial charge in [0.05, 0.1) is 11.9 Å². The first kappa shape index (κ1) is 11.9. The Labute approximate surface area is 94.0 Å². The quantitative estimate of drug-likeness (QED) is 0.749. The summed E-state index contributed by atoms with van der Waals surface area (Å²) in [4.78, 5) is 10.7. The van der Waals surface area contributed by atoms with Gasteiger partial charge in [0.1, 0.15) is 5.75 Å². The third kappa shape index (κ3) is 4.74. The largest absolute Gasteiger partial charge is 0.493 e. The van der Waals surface area contributed by atoms with E-state index >= 15 is 0 Å². The molecule has 0 fully saturated rings. The van der Waals surface area contributed by atoms with E-state index in [9.17, 15) is 4.79 Å². The SMILES string of the molecule is CC(SCCOc1ccccc1)C(N)=O. The maximum absolute atomic E-state index is 10.7. The highest BCUT2D eigenvalue weighted by Gasteiger charge is 2.07. The standard InChI is InChI=1S/C11H15NO2S/c1-9(11(12)13)15-8-7-14-10-5-3-2-4-6-10/h2-6,9H,7-8H2,1H3,(H2,12,13). The summed E-state index contributed by atoms with van der Waals surface area (Å²) in [6, 6.07) is 9.60.